The Bertz CT molecular complexity index is 1690. The number of rotatable bonds is 39. The van der Waals surface area contributed by atoms with Gasteiger partial charge in [0.15, 0.2) is 6.10 Å². The van der Waals surface area contributed by atoms with E-state index in [9.17, 15) is 64.0 Å². The van der Waals surface area contributed by atoms with Gasteiger partial charge in [0.05, 0.1) is 18.8 Å². The fourth-order valence-corrected chi connectivity index (χ4v) is 8.35. The van der Waals surface area contributed by atoms with Crippen LogP contribution in [0.5, 0.6) is 0 Å². The lowest BCUT2D eigenvalue weighted by atomic mass is 9.85. The molecule has 9 N–H and O–H groups in total. The van der Waals surface area contributed by atoms with Crippen LogP contribution in [0, 0.1) is 0 Å². The fourth-order valence-electron chi connectivity index (χ4n) is 6.81. The highest BCUT2D eigenvalue weighted by atomic mass is 31.2. The van der Waals surface area contributed by atoms with E-state index in [1.165, 1.54) is 38.5 Å². The van der Waals surface area contributed by atoms with Crippen molar-refractivity contribution >= 4 is 27.6 Å². The molecule has 0 aromatic carbocycles. The molecule has 1 saturated carbocycles. The van der Waals surface area contributed by atoms with E-state index in [0.29, 0.717) is 32.1 Å². The van der Waals surface area contributed by atoms with Crippen LogP contribution in [-0.4, -0.2) is 125 Å². The number of carbonyl (C=O) groups is 2. The summed E-state index contributed by atoms with van der Waals surface area (Å²) in [6.45, 7) is 2.75. The van der Waals surface area contributed by atoms with Crippen LogP contribution >= 0.6 is 15.6 Å². The van der Waals surface area contributed by atoms with E-state index in [4.69, 9.17) is 18.5 Å². The van der Waals surface area contributed by atoms with Gasteiger partial charge in [-0.15, -0.1) is 0 Å². The van der Waals surface area contributed by atoms with Gasteiger partial charge in [-0.2, -0.15) is 0 Å². The molecular weight excluding hydrogens is 938 g/mol. The van der Waals surface area contributed by atoms with Gasteiger partial charge in [0, 0.05) is 12.8 Å². The van der Waals surface area contributed by atoms with Gasteiger partial charge < -0.3 is 54.8 Å². The van der Waals surface area contributed by atoms with Crippen molar-refractivity contribution in [3.8, 4) is 0 Å². The van der Waals surface area contributed by atoms with Crippen LogP contribution in [-0.2, 0) is 41.8 Å². The van der Waals surface area contributed by atoms with Crippen LogP contribution < -0.4 is 0 Å². The zero-order chi connectivity index (χ0) is 51.3. The summed E-state index contributed by atoms with van der Waals surface area (Å²) in [5.74, 6) is -1.39. The largest absolute Gasteiger partial charge is 0.472 e. The number of ether oxygens (including phenoxy) is 2. The van der Waals surface area contributed by atoms with Crippen molar-refractivity contribution < 1.29 is 87.1 Å². The second-order valence-corrected chi connectivity index (χ2v) is 19.4. The molecule has 0 amide bonds. The molecule has 69 heavy (non-hydrogen) atoms. The number of carbonyl (C=O) groups excluding carboxylic acids is 2. The van der Waals surface area contributed by atoms with Crippen molar-refractivity contribution in [3.05, 3.63) is 85.1 Å². The van der Waals surface area contributed by atoms with Crippen LogP contribution in [0.2, 0.25) is 0 Å². The monoisotopic (exact) mass is 1020 g/mol. The smallest absolute Gasteiger partial charge is 0.462 e. The first kappa shape index (κ1) is 64.1. The average molecular weight is 1020 g/mol. The number of hydrogen-bond acceptors (Lipinski definition) is 15. The Morgan fingerprint density at radius 2 is 1.07 bits per heavy atom. The van der Waals surface area contributed by atoms with Crippen LogP contribution in [0.4, 0.5) is 0 Å². The molecule has 20 heteroatoms. The molecule has 10 atom stereocenters. The van der Waals surface area contributed by atoms with Gasteiger partial charge in [-0.3, -0.25) is 23.2 Å². The molecule has 1 aliphatic carbocycles. The third kappa shape index (κ3) is 33.4. The van der Waals surface area contributed by atoms with Gasteiger partial charge in [0.25, 0.3) is 0 Å². The number of unbranched alkanes of at least 4 members (excludes halogenated alkanes) is 11. The summed E-state index contributed by atoms with van der Waals surface area (Å²) < 4.78 is 49.2. The minimum Gasteiger partial charge on any atom is -0.462 e. The third-order valence-electron chi connectivity index (χ3n) is 10.6. The molecule has 1 rings (SSSR count). The molecule has 1 aliphatic rings. The number of allylic oxidation sites excluding steroid dienone is 10. The summed E-state index contributed by atoms with van der Waals surface area (Å²) >= 11 is 0. The van der Waals surface area contributed by atoms with Crippen molar-refractivity contribution in [2.45, 2.75) is 197 Å². The zero-order valence-corrected chi connectivity index (χ0v) is 42.2. The van der Waals surface area contributed by atoms with Gasteiger partial charge in [0.1, 0.15) is 43.2 Å². The van der Waals surface area contributed by atoms with E-state index in [2.05, 4.69) is 23.6 Å². The van der Waals surface area contributed by atoms with Crippen molar-refractivity contribution in [2.24, 2.45) is 0 Å². The molecule has 396 valence electrons. The maximum atomic E-state index is 13.0. The highest BCUT2D eigenvalue weighted by Crippen LogP contribution is 2.49. The summed E-state index contributed by atoms with van der Waals surface area (Å²) in [5.41, 5.74) is 0. The molecule has 0 spiro atoms. The topological polar surface area (TPSA) is 296 Å². The summed E-state index contributed by atoms with van der Waals surface area (Å²) in [6, 6.07) is 0. The Morgan fingerprint density at radius 3 is 1.65 bits per heavy atom. The average Bonchev–Trinajstić information content (AvgIpc) is 3.30. The van der Waals surface area contributed by atoms with E-state index < -0.39 is 95.7 Å². The lowest BCUT2D eigenvalue weighted by Crippen LogP contribution is -2.64. The quantitative estimate of drug-likeness (QED) is 0.00957. The van der Waals surface area contributed by atoms with Crippen LogP contribution in [0.1, 0.15) is 142 Å². The zero-order valence-electron chi connectivity index (χ0n) is 40.4. The number of aliphatic hydroxyl groups is 6. The summed E-state index contributed by atoms with van der Waals surface area (Å²) in [7, 11) is -10.7. The predicted molar refractivity (Wildman–Crippen MR) is 262 cm³/mol. The Labute approximate surface area is 409 Å². The lowest BCUT2D eigenvalue weighted by Gasteiger charge is -2.43. The molecule has 0 radical (unpaired) electrons. The standard InChI is InChI=1S/C49H82O18P2/c1-3-5-7-8-9-10-11-12-13-14-15-16-17-22-30-36-43(53)65-41(38-64-69(61,62)67-49-46(56)44(54)45(55)48(47(49)57)66-68(58,59)60)37-63-42(52)35-29-21-19-18-20-26-32-40(51)34-28-24-23-27-33-39(50)31-25-6-4-2/h6,12-13,19-21,23-28,33-34,39-41,44-51,54-57H,3-5,7-11,14-18,22,29-32,35-38H2,1-2H3,(H,61,62)(H2,58,59,60)/b13-12-,21-19-,24-23-,25-6-,26-20-,33-27+,34-28+/t39-,40+,41-,44?,45?,46?,47?,48-,49+/m1/s1. The Morgan fingerprint density at radius 1 is 0.551 bits per heavy atom. The van der Waals surface area contributed by atoms with E-state index in [1.807, 2.05) is 37.3 Å². The minimum atomic E-state index is -5.39. The molecular formula is C49H82O18P2. The van der Waals surface area contributed by atoms with Crippen molar-refractivity contribution in [1.82, 2.24) is 0 Å². The van der Waals surface area contributed by atoms with Gasteiger partial charge >= 0.3 is 27.6 Å². The first-order valence-electron chi connectivity index (χ1n) is 24.3. The summed E-state index contributed by atoms with van der Waals surface area (Å²) in [6.07, 6.45) is 26.0. The number of hydrogen-bond donors (Lipinski definition) is 9. The van der Waals surface area contributed by atoms with E-state index in [-0.39, 0.29) is 12.8 Å². The summed E-state index contributed by atoms with van der Waals surface area (Å²) in [4.78, 5) is 54.3. The van der Waals surface area contributed by atoms with Crippen molar-refractivity contribution in [2.75, 3.05) is 13.2 Å². The van der Waals surface area contributed by atoms with Gasteiger partial charge in [-0.1, -0.05) is 150 Å². The van der Waals surface area contributed by atoms with Gasteiger partial charge in [0.2, 0.25) is 0 Å². The molecule has 0 saturated heterocycles. The van der Waals surface area contributed by atoms with Gasteiger partial charge in [-0.25, -0.2) is 9.13 Å². The highest BCUT2D eigenvalue weighted by molar-refractivity contribution is 7.47. The highest BCUT2D eigenvalue weighted by Gasteiger charge is 2.54. The van der Waals surface area contributed by atoms with Crippen LogP contribution in [0.3, 0.4) is 0 Å². The molecule has 0 aromatic rings. The number of phosphoric ester groups is 2. The van der Waals surface area contributed by atoms with E-state index in [0.717, 1.165) is 44.9 Å². The van der Waals surface area contributed by atoms with E-state index in [1.54, 1.807) is 42.5 Å². The second-order valence-electron chi connectivity index (χ2n) is 16.8. The molecule has 18 nitrogen and oxygen atoms in total. The van der Waals surface area contributed by atoms with Crippen molar-refractivity contribution in [1.29, 1.82) is 0 Å². The molecule has 0 aliphatic heterocycles. The molecule has 1 fully saturated rings. The number of esters is 2. The predicted octanol–water partition coefficient (Wildman–Crippen LogP) is 7.34. The number of phosphoric acid groups is 2. The Kier molecular flexibility index (Phi) is 36.0. The SMILES string of the molecule is CC/C=C\C[C@@H](O)/C=C/C=C\C=C\[C@@H](O)C/C=C\C/C=C\CCC(=O)OC[C@H](COP(=O)(O)O[C@H]1C(O)C(O)C(O)[C@@H](OP(=O)(O)O)C1O)OC(=O)CCCCCCC/C=C\CCCCCCCC. The number of aliphatic hydroxyl groups excluding tert-OH is 6. The minimum absolute atomic E-state index is 0.00810. The summed E-state index contributed by atoms with van der Waals surface area (Å²) in [5, 5.41) is 61.3. The normalized spacial score (nSPS) is 22.8. The first-order valence-corrected chi connectivity index (χ1v) is 27.4. The molecule has 0 bridgehead atoms. The van der Waals surface area contributed by atoms with Crippen LogP contribution in [0.25, 0.3) is 0 Å². The molecule has 5 unspecified atom stereocenters. The fraction of sp³-hybridized carbons (Fsp3) is 0.673. The van der Waals surface area contributed by atoms with Crippen LogP contribution in [0.15, 0.2) is 85.1 Å². The third-order valence-corrected chi connectivity index (χ3v) is 12.1. The second kappa shape index (κ2) is 38.7. The maximum absolute atomic E-state index is 13.0. The first-order chi connectivity index (χ1) is 32.9. The molecule has 0 heterocycles. The van der Waals surface area contributed by atoms with E-state index >= 15 is 0 Å². The lowest BCUT2D eigenvalue weighted by molar-refractivity contribution is -0.216. The van der Waals surface area contributed by atoms with Gasteiger partial charge in [-0.05, 0) is 64.2 Å². The van der Waals surface area contributed by atoms with Crippen molar-refractivity contribution in [3.63, 3.8) is 0 Å². The maximum Gasteiger partial charge on any atom is 0.472 e. The Hall–Kier alpha value is -2.90. The Balaban J connectivity index is 2.68. The molecule has 0 aromatic heterocycles.